The van der Waals surface area contributed by atoms with Gasteiger partial charge in [-0.3, -0.25) is 4.79 Å². The zero-order valence-corrected chi connectivity index (χ0v) is 17.8. The maximum atomic E-state index is 12.1. The monoisotopic (exact) mass is 433 g/mol. The minimum Gasteiger partial charge on any atom is -0.493 e. The summed E-state index contributed by atoms with van der Waals surface area (Å²) < 4.78 is 16.1. The molecule has 0 aliphatic heterocycles. The van der Waals surface area contributed by atoms with E-state index in [4.69, 9.17) is 25.5 Å². The van der Waals surface area contributed by atoms with E-state index in [-0.39, 0.29) is 11.7 Å². The summed E-state index contributed by atoms with van der Waals surface area (Å²) in [5, 5.41) is 11.7. The molecule has 3 aromatic rings. The quantitative estimate of drug-likeness (QED) is 0.528. The summed E-state index contributed by atoms with van der Waals surface area (Å²) in [6.45, 7) is 1.90. The molecule has 0 spiro atoms. The van der Waals surface area contributed by atoms with Crippen molar-refractivity contribution in [1.29, 1.82) is 0 Å². The summed E-state index contributed by atoms with van der Waals surface area (Å²) in [4.78, 5) is 12.1. The van der Waals surface area contributed by atoms with Gasteiger partial charge >= 0.3 is 0 Å². The van der Waals surface area contributed by atoms with Crippen LogP contribution in [0, 0.1) is 6.92 Å². The predicted octanol–water partition coefficient (Wildman–Crippen LogP) is 4.37. The van der Waals surface area contributed by atoms with Crippen LogP contribution in [0.2, 0.25) is 5.02 Å². The van der Waals surface area contributed by atoms with Crippen molar-refractivity contribution in [2.45, 2.75) is 18.6 Å². The van der Waals surface area contributed by atoms with Crippen molar-refractivity contribution < 1.29 is 18.7 Å². The van der Waals surface area contributed by atoms with Crippen molar-refractivity contribution in [3.8, 4) is 11.5 Å². The first-order valence-corrected chi connectivity index (χ1v) is 10.1. The van der Waals surface area contributed by atoms with Crippen LogP contribution in [0.25, 0.3) is 0 Å². The molecular formula is C20H20ClN3O4S. The summed E-state index contributed by atoms with van der Waals surface area (Å²) in [5.41, 5.74) is 2.54. The van der Waals surface area contributed by atoms with Crippen molar-refractivity contribution in [3.05, 3.63) is 58.4 Å². The van der Waals surface area contributed by atoms with E-state index in [0.717, 1.165) is 11.1 Å². The molecule has 7 nitrogen and oxygen atoms in total. The van der Waals surface area contributed by atoms with Crippen LogP contribution in [0.15, 0.2) is 46.0 Å². The molecule has 0 saturated heterocycles. The van der Waals surface area contributed by atoms with Gasteiger partial charge in [-0.25, -0.2) is 0 Å². The van der Waals surface area contributed by atoms with Gasteiger partial charge in [0.2, 0.25) is 11.8 Å². The molecule has 0 atom stereocenters. The third-order valence-corrected chi connectivity index (χ3v) is 5.26. The smallest absolute Gasteiger partial charge is 0.277 e. The number of hydrogen-bond donors (Lipinski definition) is 1. The topological polar surface area (TPSA) is 86.5 Å². The summed E-state index contributed by atoms with van der Waals surface area (Å²) in [5.74, 6) is 1.69. The molecule has 1 heterocycles. The number of hydrogen-bond acceptors (Lipinski definition) is 7. The molecule has 2 aromatic carbocycles. The SMILES string of the molecule is COc1ccc(Cc2nnc(SCC(=O)Nc3ccc(C)c(Cl)c3)o2)cc1OC. The number of amides is 1. The van der Waals surface area contributed by atoms with E-state index in [1.807, 2.05) is 31.2 Å². The number of halogens is 1. The van der Waals surface area contributed by atoms with E-state index in [1.165, 1.54) is 11.8 Å². The van der Waals surface area contributed by atoms with Crippen LogP contribution in [0.1, 0.15) is 17.0 Å². The first-order chi connectivity index (χ1) is 14.0. The van der Waals surface area contributed by atoms with Crippen LogP contribution in [0.3, 0.4) is 0 Å². The van der Waals surface area contributed by atoms with E-state index in [2.05, 4.69) is 15.5 Å². The minimum atomic E-state index is -0.186. The molecule has 0 aliphatic rings. The lowest BCUT2D eigenvalue weighted by atomic mass is 10.1. The van der Waals surface area contributed by atoms with E-state index < -0.39 is 0 Å². The molecule has 1 aromatic heterocycles. The minimum absolute atomic E-state index is 0.142. The van der Waals surface area contributed by atoms with E-state index >= 15 is 0 Å². The third kappa shape index (κ3) is 5.65. The number of ether oxygens (including phenoxy) is 2. The maximum Gasteiger partial charge on any atom is 0.277 e. The van der Waals surface area contributed by atoms with Crippen LogP contribution < -0.4 is 14.8 Å². The Morgan fingerprint density at radius 2 is 1.93 bits per heavy atom. The fourth-order valence-electron chi connectivity index (χ4n) is 2.53. The first-order valence-electron chi connectivity index (χ1n) is 8.70. The van der Waals surface area contributed by atoms with Crippen molar-refractivity contribution in [2.75, 3.05) is 25.3 Å². The van der Waals surface area contributed by atoms with Gasteiger partial charge in [0, 0.05) is 10.7 Å². The Morgan fingerprint density at radius 3 is 2.66 bits per heavy atom. The number of anilines is 1. The number of nitrogens with zero attached hydrogens (tertiary/aromatic N) is 2. The molecule has 0 unspecified atom stereocenters. The summed E-state index contributed by atoms with van der Waals surface area (Å²) in [6.07, 6.45) is 0.446. The van der Waals surface area contributed by atoms with Gasteiger partial charge in [-0.05, 0) is 42.3 Å². The zero-order chi connectivity index (χ0) is 20.8. The number of aromatic nitrogens is 2. The van der Waals surface area contributed by atoms with Crippen molar-refractivity contribution >= 4 is 35.0 Å². The van der Waals surface area contributed by atoms with E-state index in [9.17, 15) is 4.79 Å². The Morgan fingerprint density at radius 1 is 1.14 bits per heavy atom. The molecular weight excluding hydrogens is 414 g/mol. The highest BCUT2D eigenvalue weighted by molar-refractivity contribution is 7.99. The van der Waals surface area contributed by atoms with Gasteiger partial charge in [-0.2, -0.15) is 0 Å². The largest absolute Gasteiger partial charge is 0.493 e. The summed E-state index contributed by atoms with van der Waals surface area (Å²) in [6, 6.07) is 10.9. The standard InChI is InChI=1S/C20H20ClN3O4S/c1-12-4-6-14(10-15(12)21)22-18(25)11-29-20-24-23-19(28-20)9-13-5-7-16(26-2)17(8-13)27-3/h4-8,10H,9,11H2,1-3H3,(H,22,25). The zero-order valence-electron chi connectivity index (χ0n) is 16.2. The van der Waals surface area contributed by atoms with Gasteiger partial charge in [-0.1, -0.05) is 35.5 Å². The molecule has 3 rings (SSSR count). The van der Waals surface area contributed by atoms with Crippen molar-refractivity contribution in [1.82, 2.24) is 10.2 Å². The lowest BCUT2D eigenvalue weighted by Gasteiger charge is -2.08. The first kappa shape index (κ1) is 21.0. The number of rotatable bonds is 8. The van der Waals surface area contributed by atoms with Crippen LogP contribution >= 0.6 is 23.4 Å². The summed E-state index contributed by atoms with van der Waals surface area (Å²) in [7, 11) is 3.17. The van der Waals surface area contributed by atoms with Gasteiger partial charge in [0.05, 0.1) is 26.4 Å². The van der Waals surface area contributed by atoms with Crippen LogP contribution in [-0.4, -0.2) is 36.1 Å². The molecule has 0 saturated carbocycles. The maximum absolute atomic E-state index is 12.1. The second-order valence-corrected chi connectivity index (χ2v) is 7.46. The average molecular weight is 434 g/mol. The molecule has 152 valence electrons. The second-order valence-electron chi connectivity index (χ2n) is 6.13. The van der Waals surface area contributed by atoms with E-state index in [0.29, 0.717) is 39.7 Å². The Bertz CT molecular complexity index is 1010. The van der Waals surface area contributed by atoms with Crippen LogP contribution in [-0.2, 0) is 11.2 Å². The molecule has 1 amide bonds. The molecule has 9 heteroatoms. The number of nitrogens with one attached hydrogen (secondary N) is 1. The third-order valence-electron chi connectivity index (χ3n) is 4.03. The molecule has 1 N–H and O–H groups in total. The van der Waals surface area contributed by atoms with Gasteiger partial charge in [0.1, 0.15) is 0 Å². The summed E-state index contributed by atoms with van der Waals surface area (Å²) >= 11 is 7.24. The molecule has 0 radical (unpaired) electrons. The lowest BCUT2D eigenvalue weighted by Crippen LogP contribution is -2.14. The number of thioether (sulfide) groups is 1. The molecule has 0 bridgehead atoms. The highest BCUT2D eigenvalue weighted by atomic mass is 35.5. The fourth-order valence-corrected chi connectivity index (χ4v) is 3.29. The predicted molar refractivity (Wildman–Crippen MR) is 112 cm³/mol. The van der Waals surface area contributed by atoms with Crippen LogP contribution in [0.5, 0.6) is 11.5 Å². The average Bonchev–Trinajstić information content (AvgIpc) is 3.16. The van der Waals surface area contributed by atoms with E-state index in [1.54, 1.807) is 26.4 Å². The van der Waals surface area contributed by atoms with Gasteiger partial charge in [-0.15, -0.1) is 10.2 Å². The Hall–Kier alpha value is -2.71. The normalized spacial score (nSPS) is 10.6. The highest BCUT2D eigenvalue weighted by Gasteiger charge is 2.12. The van der Waals surface area contributed by atoms with Gasteiger partial charge < -0.3 is 19.2 Å². The Kier molecular flexibility index (Phi) is 7.00. The fraction of sp³-hybridized carbons (Fsp3) is 0.250. The number of methoxy groups -OCH3 is 2. The number of benzene rings is 2. The Balaban J connectivity index is 1.55. The van der Waals surface area contributed by atoms with Crippen LogP contribution in [0.4, 0.5) is 5.69 Å². The highest BCUT2D eigenvalue weighted by Crippen LogP contribution is 2.28. The van der Waals surface area contributed by atoms with Crippen molar-refractivity contribution in [2.24, 2.45) is 0 Å². The molecule has 29 heavy (non-hydrogen) atoms. The number of carbonyl (C=O) groups excluding carboxylic acids is 1. The molecule has 0 fully saturated rings. The van der Waals surface area contributed by atoms with Crippen molar-refractivity contribution in [3.63, 3.8) is 0 Å². The molecule has 0 aliphatic carbocycles. The Labute approximate surface area is 177 Å². The van der Waals surface area contributed by atoms with Gasteiger partial charge in [0.15, 0.2) is 11.5 Å². The second kappa shape index (κ2) is 9.67. The number of aryl methyl sites for hydroxylation is 1. The van der Waals surface area contributed by atoms with Gasteiger partial charge in [0.25, 0.3) is 5.22 Å². The number of carbonyl (C=O) groups is 1. The lowest BCUT2D eigenvalue weighted by molar-refractivity contribution is -0.113.